The number of rotatable bonds is 3. The number of phosphoric ester groups is 1. The summed E-state index contributed by atoms with van der Waals surface area (Å²) < 4.78 is 55.3. The summed E-state index contributed by atoms with van der Waals surface area (Å²) in [5.74, 6) is -0.0216. The number of fused-ring (bicyclic) bond motifs is 5. The minimum absolute atomic E-state index is 0.0567. The number of phosphoric acid groups is 1. The summed E-state index contributed by atoms with van der Waals surface area (Å²) in [6.45, 7) is -1.31. The van der Waals surface area contributed by atoms with Crippen molar-refractivity contribution in [1.82, 2.24) is 29.1 Å². The first kappa shape index (κ1) is 31.5. The third-order valence-corrected chi connectivity index (χ3v) is 10.5. The van der Waals surface area contributed by atoms with Crippen LogP contribution in [0.5, 0.6) is 0 Å². The summed E-state index contributed by atoms with van der Waals surface area (Å²) in [5.41, 5.74) is 11.5. The summed E-state index contributed by atoms with van der Waals surface area (Å²) in [5, 5.41) is 23.1. The van der Waals surface area contributed by atoms with Gasteiger partial charge < -0.3 is 0 Å². The van der Waals surface area contributed by atoms with Crippen molar-refractivity contribution in [3.8, 4) is 0 Å². The van der Waals surface area contributed by atoms with E-state index in [-0.39, 0.29) is 22.8 Å². The van der Waals surface area contributed by atoms with Crippen LogP contribution in [0.1, 0.15) is 12.5 Å². The number of hydrogen-bond acceptors (Lipinski definition) is 17. The molecule has 0 saturated carbocycles. The summed E-state index contributed by atoms with van der Waals surface area (Å²) in [4.78, 5) is 49.1. The number of anilines is 2. The molecule has 250 valence electrons. The van der Waals surface area contributed by atoms with Crippen LogP contribution in [0.3, 0.4) is 0 Å². The van der Waals surface area contributed by atoms with E-state index in [1.165, 1.54) is 33.9 Å². The van der Waals surface area contributed by atoms with Gasteiger partial charge >= 0.3 is 258 Å². The Kier molecular flexibility index (Phi) is 7.88. The summed E-state index contributed by atoms with van der Waals surface area (Å²) in [6, 6.07) is 3.03. The number of H-pyrrole nitrogens is 1. The van der Waals surface area contributed by atoms with Gasteiger partial charge in [0.15, 0.2) is 0 Å². The molecule has 3 saturated heterocycles. The summed E-state index contributed by atoms with van der Waals surface area (Å²) in [6.07, 6.45) is -7.23. The van der Waals surface area contributed by atoms with Gasteiger partial charge in [0.2, 0.25) is 0 Å². The Morgan fingerprint density at radius 2 is 1.74 bits per heavy atom. The average Bonchev–Trinajstić information content (AvgIpc) is 3.77. The molecule has 0 radical (unpaired) electrons. The Bertz CT molecular complexity index is 1890. The number of nitrogens with one attached hydrogen (secondary N) is 1. The third-order valence-electron chi connectivity index (χ3n) is 7.94. The Morgan fingerprint density at radius 1 is 1.02 bits per heavy atom. The number of nitrogens with zero attached hydrogens (tertiary/aromatic N) is 5. The molecule has 23 heteroatoms. The molecule has 0 amide bonds. The molecule has 4 aromatic heterocycles. The Balaban J connectivity index is 1.22. The molecule has 9 atom stereocenters. The van der Waals surface area contributed by atoms with Crippen molar-refractivity contribution in [3.05, 3.63) is 41.2 Å². The summed E-state index contributed by atoms with van der Waals surface area (Å²) in [7, 11) is -8.59. The standard InChI is InChI=1S/C23H30N8O13P2/c1-38-46(37)40-7-12-15(14(33)21(42-12)30-4-2-9-17(24)26-8-27-18(9)30)43-45(35,36)39-6-11-13(32)16(44-46)22(41-11)31-5-3-10-19(31)28-23(25)29-20(10)34/h2-5,8,11-16,21-22,32-33,37,46H,6-7H2,1H3,(H,35,36)(H2,24,26,27)(H3,25,28,29,34). The van der Waals surface area contributed by atoms with Gasteiger partial charge in [-0.3, -0.25) is 0 Å². The SMILES string of the molecule is CO[PH]1(O)OCC2OC(n3ccc4c(N)ncnc43)C(O)C2OP(=O)(O)OCC2OC(n3ccc4c(=O)[nH]c(N)nc43)C(O1)C2O. The molecule has 3 fully saturated rings. The van der Waals surface area contributed by atoms with Crippen LogP contribution in [0, 0.1) is 0 Å². The van der Waals surface area contributed by atoms with Crippen molar-refractivity contribution in [1.29, 1.82) is 0 Å². The first-order chi connectivity index (χ1) is 21.9. The van der Waals surface area contributed by atoms with Crippen LogP contribution < -0.4 is 17.0 Å². The van der Waals surface area contributed by atoms with Crippen molar-refractivity contribution in [2.24, 2.45) is 0 Å². The van der Waals surface area contributed by atoms with Crippen LogP contribution in [0.2, 0.25) is 0 Å². The van der Waals surface area contributed by atoms with Gasteiger partial charge in [-0.1, -0.05) is 0 Å². The van der Waals surface area contributed by atoms with E-state index < -0.39 is 83.8 Å². The maximum atomic E-state index is 13.2. The van der Waals surface area contributed by atoms with Crippen LogP contribution in [0.4, 0.5) is 11.8 Å². The third kappa shape index (κ3) is 5.38. The van der Waals surface area contributed by atoms with Crippen molar-refractivity contribution in [3.63, 3.8) is 0 Å². The van der Waals surface area contributed by atoms with Gasteiger partial charge in [0.25, 0.3) is 0 Å². The number of aromatic amines is 1. The molecular weight excluding hydrogens is 658 g/mol. The number of ether oxygens (including phenoxy) is 2. The molecule has 46 heavy (non-hydrogen) atoms. The molecule has 3 aliphatic heterocycles. The second-order valence-corrected chi connectivity index (χ2v) is 14.1. The molecule has 7 heterocycles. The molecule has 9 unspecified atom stereocenters. The van der Waals surface area contributed by atoms with E-state index in [1.807, 2.05) is 0 Å². The maximum absolute atomic E-state index is 13.2. The van der Waals surface area contributed by atoms with Gasteiger partial charge in [0, 0.05) is 0 Å². The number of aliphatic hydroxyl groups is 2. The topological polar surface area (TPSA) is 296 Å². The molecule has 4 aromatic rings. The van der Waals surface area contributed by atoms with Crippen LogP contribution >= 0.6 is 16.0 Å². The Labute approximate surface area is 257 Å². The van der Waals surface area contributed by atoms with E-state index in [0.29, 0.717) is 11.0 Å². The zero-order valence-corrected chi connectivity index (χ0v) is 25.6. The van der Waals surface area contributed by atoms with Gasteiger partial charge in [0.05, 0.1) is 0 Å². The molecule has 3 aliphatic rings. The quantitative estimate of drug-likeness (QED) is 0.125. The van der Waals surface area contributed by atoms with Crippen molar-refractivity contribution < 1.29 is 56.7 Å². The fraction of sp³-hybridized carbons (Fsp3) is 0.478. The second-order valence-electron chi connectivity index (χ2n) is 10.7. The normalized spacial score (nSPS) is 35.8. The Morgan fingerprint density at radius 3 is 2.50 bits per heavy atom. The van der Waals surface area contributed by atoms with Crippen molar-refractivity contribution >= 4 is 49.8 Å². The zero-order valence-electron chi connectivity index (χ0n) is 23.7. The number of aliphatic hydroxyl groups excluding tert-OH is 2. The van der Waals surface area contributed by atoms with E-state index in [4.69, 9.17) is 43.6 Å². The first-order valence-corrected chi connectivity index (χ1v) is 16.9. The van der Waals surface area contributed by atoms with Gasteiger partial charge in [-0.05, 0) is 0 Å². The molecule has 0 spiro atoms. The van der Waals surface area contributed by atoms with Crippen LogP contribution in [0.15, 0.2) is 35.6 Å². The number of nitrogens with two attached hydrogens (primary N) is 2. The van der Waals surface area contributed by atoms with Gasteiger partial charge in [-0.15, -0.1) is 0 Å². The average molecular weight is 688 g/mol. The molecule has 9 N–H and O–H groups in total. The van der Waals surface area contributed by atoms with E-state index in [0.717, 1.165) is 7.11 Å². The minimum atomic E-state index is -4.99. The fourth-order valence-corrected chi connectivity index (χ4v) is 7.96. The Hall–Kier alpha value is -3.14. The molecule has 0 aromatic carbocycles. The van der Waals surface area contributed by atoms with Crippen LogP contribution in [0.25, 0.3) is 22.1 Å². The van der Waals surface area contributed by atoms with E-state index >= 15 is 0 Å². The summed E-state index contributed by atoms with van der Waals surface area (Å²) >= 11 is 0. The van der Waals surface area contributed by atoms with E-state index in [9.17, 15) is 29.4 Å². The number of hydrogen-bond donors (Lipinski definition) is 7. The number of nitrogen functional groups attached to an aromatic ring is 2. The van der Waals surface area contributed by atoms with Gasteiger partial charge in [-0.25, -0.2) is 0 Å². The van der Waals surface area contributed by atoms with Gasteiger partial charge in [0.1, 0.15) is 0 Å². The first-order valence-electron chi connectivity index (χ1n) is 13.7. The monoisotopic (exact) mass is 688 g/mol. The van der Waals surface area contributed by atoms with Crippen LogP contribution in [-0.4, -0.2) is 106 Å². The molecule has 0 aliphatic carbocycles. The fourth-order valence-electron chi connectivity index (χ4n) is 5.73. The second kappa shape index (κ2) is 11.5. The van der Waals surface area contributed by atoms with Gasteiger partial charge in [-0.2, -0.15) is 0 Å². The molecular formula is C23H30N8O13P2. The van der Waals surface area contributed by atoms with Crippen molar-refractivity contribution in [2.45, 2.75) is 49.1 Å². The van der Waals surface area contributed by atoms with E-state index in [1.54, 1.807) is 6.07 Å². The number of aromatic nitrogens is 6. The molecule has 2 bridgehead atoms. The molecule has 7 rings (SSSR count). The predicted molar refractivity (Wildman–Crippen MR) is 156 cm³/mol. The van der Waals surface area contributed by atoms with Crippen LogP contribution in [-0.2, 0) is 36.7 Å². The molecule has 21 nitrogen and oxygen atoms in total. The predicted octanol–water partition coefficient (Wildman–Crippen LogP) is -1.18. The zero-order chi connectivity index (χ0) is 32.5. The van der Waals surface area contributed by atoms with Crippen molar-refractivity contribution in [2.75, 3.05) is 31.8 Å². The van der Waals surface area contributed by atoms with E-state index in [2.05, 4.69) is 19.9 Å².